The van der Waals surface area contributed by atoms with Gasteiger partial charge in [-0.2, -0.15) is 0 Å². The quantitative estimate of drug-likeness (QED) is 0.740. The Bertz CT molecular complexity index is 486. The molecule has 0 atom stereocenters. The third-order valence-corrected chi connectivity index (χ3v) is 2.76. The Morgan fingerprint density at radius 3 is 2.79 bits per heavy atom. The molecule has 0 aliphatic carbocycles. The minimum atomic E-state index is 0.859. The first-order valence-corrected chi connectivity index (χ1v) is 6.47. The summed E-state index contributed by atoms with van der Waals surface area (Å²) >= 11 is 0. The summed E-state index contributed by atoms with van der Waals surface area (Å²) in [6, 6.07) is 4.02. The zero-order valence-electron chi connectivity index (χ0n) is 11.1. The van der Waals surface area contributed by atoms with E-state index in [1.807, 2.05) is 19.2 Å². The van der Waals surface area contributed by atoms with Crippen LogP contribution in [0.5, 0.6) is 0 Å². The molecule has 19 heavy (non-hydrogen) atoms. The summed E-state index contributed by atoms with van der Waals surface area (Å²) in [5.74, 6) is 0.870. The van der Waals surface area contributed by atoms with Gasteiger partial charge in [0.2, 0.25) is 0 Å². The number of nitrogens with one attached hydrogen (secondary N) is 2. The molecule has 2 N–H and O–H groups in total. The normalized spacial score (nSPS) is 10.4. The van der Waals surface area contributed by atoms with Crippen molar-refractivity contribution in [2.45, 2.75) is 19.9 Å². The van der Waals surface area contributed by atoms with Crippen LogP contribution in [0.25, 0.3) is 0 Å². The molecule has 0 saturated heterocycles. The van der Waals surface area contributed by atoms with Gasteiger partial charge in [0.1, 0.15) is 5.82 Å². The van der Waals surface area contributed by atoms with Gasteiger partial charge in [-0.05, 0) is 31.5 Å². The predicted molar refractivity (Wildman–Crippen MR) is 75.8 cm³/mol. The van der Waals surface area contributed by atoms with Gasteiger partial charge in [-0.15, -0.1) is 0 Å². The molecule has 0 radical (unpaired) electrons. The van der Waals surface area contributed by atoms with Crippen LogP contribution in [0.2, 0.25) is 0 Å². The van der Waals surface area contributed by atoms with Crippen LogP contribution in [0.15, 0.2) is 36.9 Å². The zero-order chi connectivity index (χ0) is 13.3. The van der Waals surface area contributed by atoms with Crippen molar-refractivity contribution in [1.29, 1.82) is 0 Å². The average Bonchev–Trinajstić information content (AvgIpc) is 2.45. The summed E-state index contributed by atoms with van der Waals surface area (Å²) in [5.41, 5.74) is 2.14. The maximum Gasteiger partial charge on any atom is 0.147 e. The maximum absolute atomic E-state index is 4.24. The Kier molecular flexibility index (Phi) is 5.25. The molecule has 5 nitrogen and oxygen atoms in total. The van der Waals surface area contributed by atoms with Crippen molar-refractivity contribution in [2.75, 3.05) is 18.4 Å². The van der Waals surface area contributed by atoms with E-state index in [0.717, 1.165) is 37.6 Å². The van der Waals surface area contributed by atoms with Crippen molar-refractivity contribution in [3.05, 3.63) is 48.2 Å². The molecule has 0 aliphatic heterocycles. The minimum Gasteiger partial charge on any atom is -0.369 e. The third-order valence-electron chi connectivity index (χ3n) is 2.76. The van der Waals surface area contributed by atoms with Gasteiger partial charge < -0.3 is 10.6 Å². The van der Waals surface area contributed by atoms with Crippen LogP contribution < -0.4 is 10.6 Å². The van der Waals surface area contributed by atoms with E-state index in [-0.39, 0.29) is 0 Å². The number of pyridine rings is 1. The van der Waals surface area contributed by atoms with Gasteiger partial charge in [-0.3, -0.25) is 9.97 Å². The Hall–Kier alpha value is -2.01. The number of hydrogen-bond donors (Lipinski definition) is 2. The molecule has 0 aromatic carbocycles. The standard InChI is InChI=1S/C14H19N5/c1-12-14(19-9-8-17-12)18-7-3-6-16-11-13-4-2-5-15-10-13/h2,4-5,8-10,16H,3,6-7,11H2,1H3,(H,18,19). The monoisotopic (exact) mass is 257 g/mol. The highest BCUT2D eigenvalue weighted by atomic mass is 15.0. The molecule has 0 fully saturated rings. The first-order chi connectivity index (χ1) is 9.36. The van der Waals surface area contributed by atoms with Crippen molar-refractivity contribution in [2.24, 2.45) is 0 Å². The molecule has 0 saturated carbocycles. The second-order valence-electron chi connectivity index (χ2n) is 4.31. The second-order valence-corrected chi connectivity index (χ2v) is 4.31. The van der Waals surface area contributed by atoms with Crippen LogP contribution in [0, 0.1) is 6.92 Å². The van der Waals surface area contributed by atoms with Gasteiger partial charge in [0.15, 0.2) is 0 Å². The Morgan fingerprint density at radius 2 is 2.00 bits per heavy atom. The maximum atomic E-state index is 4.24. The summed E-state index contributed by atoms with van der Waals surface area (Å²) in [6.07, 6.45) is 8.12. The van der Waals surface area contributed by atoms with Gasteiger partial charge in [-0.25, -0.2) is 4.98 Å². The SMILES string of the molecule is Cc1nccnc1NCCCNCc1cccnc1. The number of aryl methyl sites for hydroxylation is 1. The first kappa shape index (κ1) is 13.4. The predicted octanol–water partition coefficient (Wildman–Crippen LogP) is 1.77. The summed E-state index contributed by atoms with van der Waals surface area (Å²) in [7, 11) is 0. The van der Waals surface area contributed by atoms with Crippen molar-refractivity contribution < 1.29 is 0 Å². The summed E-state index contributed by atoms with van der Waals surface area (Å²) in [4.78, 5) is 12.5. The summed E-state index contributed by atoms with van der Waals surface area (Å²) in [5, 5.41) is 6.67. The molecule has 5 heteroatoms. The highest BCUT2D eigenvalue weighted by Crippen LogP contribution is 2.05. The van der Waals surface area contributed by atoms with Crippen molar-refractivity contribution in [1.82, 2.24) is 20.3 Å². The van der Waals surface area contributed by atoms with Gasteiger partial charge in [0, 0.05) is 37.9 Å². The van der Waals surface area contributed by atoms with E-state index in [9.17, 15) is 0 Å². The van der Waals surface area contributed by atoms with E-state index in [1.54, 1.807) is 18.6 Å². The van der Waals surface area contributed by atoms with Gasteiger partial charge in [-0.1, -0.05) is 6.07 Å². The third kappa shape index (κ3) is 4.63. The molecular weight excluding hydrogens is 238 g/mol. The minimum absolute atomic E-state index is 0.859. The number of hydrogen-bond acceptors (Lipinski definition) is 5. The van der Waals surface area contributed by atoms with Crippen LogP contribution >= 0.6 is 0 Å². The van der Waals surface area contributed by atoms with Crippen molar-refractivity contribution in [3.63, 3.8) is 0 Å². The fraction of sp³-hybridized carbons (Fsp3) is 0.357. The van der Waals surface area contributed by atoms with E-state index < -0.39 is 0 Å². The number of anilines is 1. The largest absolute Gasteiger partial charge is 0.369 e. The van der Waals surface area contributed by atoms with Gasteiger partial charge >= 0.3 is 0 Å². The van der Waals surface area contributed by atoms with E-state index in [1.165, 1.54) is 5.56 Å². The van der Waals surface area contributed by atoms with Crippen LogP contribution in [0.4, 0.5) is 5.82 Å². The lowest BCUT2D eigenvalue weighted by Gasteiger charge is -2.08. The lowest BCUT2D eigenvalue weighted by atomic mass is 10.3. The second kappa shape index (κ2) is 7.43. The molecule has 0 bridgehead atoms. The van der Waals surface area contributed by atoms with Crippen LogP contribution in [-0.2, 0) is 6.54 Å². The molecule has 0 aliphatic rings. The Morgan fingerprint density at radius 1 is 1.11 bits per heavy atom. The van der Waals surface area contributed by atoms with Crippen LogP contribution in [0.3, 0.4) is 0 Å². The van der Waals surface area contributed by atoms with E-state index in [2.05, 4.69) is 31.7 Å². The average molecular weight is 257 g/mol. The van der Waals surface area contributed by atoms with E-state index in [4.69, 9.17) is 0 Å². The van der Waals surface area contributed by atoms with Crippen LogP contribution in [-0.4, -0.2) is 28.0 Å². The topological polar surface area (TPSA) is 62.7 Å². The lowest BCUT2D eigenvalue weighted by molar-refractivity contribution is 0.661. The van der Waals surface area contributed by atoms with E-state index >= 15 is 0 Å². The van der Waals surface area contributed by atoms with Crippen molar-refractivity contribution >= 4 is 5.82 Å². The smallest absolute Gasteiger partial charge is 0.147 e. The molecule has 100 valence electrons. The Labute approximate surface area is 113 Å². The highest BCUT2D eigenvalue weighted by molar-refractivity contribution is 5.37. The van der Waals surface area contributed by atoms with Gasteiger partial charge in [0.25, 0.3) is 0 Å². The molecule has 0 amide bonds. The molecule has 2 heterocycles. The summed E-state index contributed by atoms with van der Waals surface area (Å²) < 4.78 is 0. The number of nitrogens with zero attached hydrogens (tertiary/aromatic N) is 3. The number of rotatable bonds is 7. The number of aromatic nitrogens is 3. The fourth-order valence-electron chi connectivity index (χ4n) is 1.74. The molecule has 2 aromatic rings. The first-order valence-electron chi connectivity index (χ1n) is 6.47. The molecule has 0 spiro atoms. The van der Waals surface area contributed by atoms with Gasteiger partial charge in [0.05, 0.1) is 5.69 Å². The zero-order valence-corrected chi connectivity index (χ0v) is 11.1. The molecule has 2 rings (SSSR count). The Balaban J connectivity index is 1.59. The summed E-state index contributed by atoms with van der Waals surface area (Å²) in [6.45, 7) is 4.66. The van der Waals surface area contributed by atoms with Crippen molar-refractivity contribution in [3.8, 4) is 0 Å². The fourth-order valence-corrected chi connectivity index (χ4v) is 1.74. The van der Waals surface area contributed by atoms with Crippen LogP contribution in [0.1, 0.15) is 17.7 Å². The lowest BCUT2D eigenvalue weighted by Crippen LogP contribution is -2.18. The molecule has 0 unspecified atom stereocenters. The molecular formula is C14H19N5. The highest BCUT2D eigenvalue weighted by Gasteiger charge is 1.98. The van der Waals surface area contributed by atoms with E-state index in [0.29, 0.717) is 0 Å². The molecule has 2 aromatic heterocycles.